The third kappa shape index (κ3) is 2.76. The summed E-state index contributed by atoms with van der Waals surface area (Å²) >= 11 is 0. The van der Waals surface area contributed by atoms with Crippen LogP contribution in [0.1, 0.15) is 36.2 Å². The fraction of sp³-hybridized carbons (Fsp3) is 0.533. The summed E-state index contributed by atoms with van der Waals surface area (Å²) in [5, 5.41) is 8.36. The summed E-state index contributed by atoms with van der Waals surface area (Å²) in [7, 11) is 0. The summed E-state index contributed by atoms with van der Waals surface area (Å²) in [4.78, 5) is 29.8. The zero-order valence-corrected chi connectivity index (χ0v) is 12.9. The molecule has 0 bridgehead atoms. The first kappa shape index (κ1) is 14.1. The maximum atomic E-state index is 12.2. The molecule has 2 fully saturated rings. The molecule has 2 aliphatic rings. The number of carbonyl (C=O) groups is 1. The van der Waals surface area contributed by atoms with Gasteiger partial charge in [0.1, 0.15) is 6.54 Å². The van der Waals surface area contributed by atoms with Crippen LogP contribution in [0.5, 0.6) is 0 Å². The number of carbonyl (C=O) groups excluding carboxylic acids is 1. The SMILES string of the molecule is Cc1cc(=O)n(CC(=O)N2CC(n3cc(C4CC4)nn3)C2)cn1. The average molecular weight is 314 g/mol. The van der Waals surface area contributed by atoms with Crippen molar-refractivity contribution in [2.24, 2.45) is 0 Å². The Hall–Kier alpha value is -2.51. The van der Waals surface area contributed by atoms with E-state index in [0.717, 1.165) is 5.69 Å². The molecular weight excluding hydrogens is 296 g/mol. The topological polar surface area (TPSA) is 85.9 Å². The molecule has 8 nitrogen and oxygen atoms in total. The van der Waals surface area contributed by atoms with Crippen LogP contribution < -0.4 is 5.56 Å². The Kier molecular flexibility index (Phi) is 3.24. The van der Waals surface area contributed by atoms with Crippen LogP contribution in [-0.4, -0.2) is 48.4 Å². The molecule has 0 atom stereocenters. The third-order valence-corrected chi connectivity index (χ3v) is 4.43. The monoisotopic (exact) mass is 314 g/mol. The molecule has 0 aromatic carbocycles. The van der Waals surface area contributed by atoms with Gasteiger partial charge < -0.3 is 4.90 Å². The fourth-order valence-corrected chi connectivity index (χ4v) is 2.74. The predicted molar refractivity (Wildman–Crippen MR) is 80.8 cm³/mol. The summed E-state index contributed by atoms with van der Waals surface area (Å²) in [5.41, 5.74) is 1.51. The average Bonchev–Trinajstić information content (AvgIpc) is 3.20. The van der Waals surface area contributed by atoms with E-state index >= 15 is 0 Å². The number of aryl methyl sites for hydroxylation is 1. The quantitative estimate of drug-likeness (QED) is 0.799. The molecule has 23 heavy (non-hydrogen) atoms. The molecule has 8 heteroatoms. The number of likely N-dealkylation sites (tertiary alicyclic amines) is 1. The van der Waals surface area contributed by atoms with Crippen LogP contribution in [0.2, 0.25) is 0 Å². The Balaban J connectivity index is 1.35. The zero-order chi connectivity index (χ0) is 16.0. The molecule has 1 aliphatic heterocycles. The molecule has 0 radical (unpaired) electrons. The second-order valence-electron chi connectivity index (χ2n) is 6.35. The number of amides is 1. The Morgan fingerprint density at radius 1 is 1.35 bits per heavy atom. The van der Waals surface area contributed by atoms with Crippen molar-refractivity contribution in [2.45, 2.75) is 38.3 Å². The fourth-order valence-electron chi connectivity index (χ4n) is 2.74. The van der Waals surface area contributed by atoms with Crippen LogP contribution in [-0.2, 0) is 11.3 Å². The molecule has 3 heterocycles. The first-order chi connectivity index (χ1) is 11.1. The van der Waals surface area contributed by atoms with Gasteiger partial charge in [-0.25, -0.2) is 9.67 Å². The van der Waals surface area contributed by atoms with Gasteiger partial charge in [-0.1, -0.05) is 5.21 Å². The summed E-state index contributed by atoms with van der Waals surface area (Å²) in [6.45, 7) is 3.01. The van der Waals surface area contributed by atoms with Crippen molar-refractivity contribution in [1.82, 2.24) is 29.4 Å². The number of rotatable bonds is 4. The summed E-state index contributed by atoms with van der Waals surface area (Å²) in [5.74, 6) is 0.513. The molecule has 1 saturated carbocycles. The molecule has 0 unspecified atom stereocenters. The Morgan fingerprint density at radius 3 is 2.83 bits per heavy atom. The van der Waals surface area contributed by atoms with E-state index in [1.807, 2.05) is 10.9 Å². The van der Waals surface area contributed by atoms with Crippen LogP contribution in [0.15, 0.2) is 23.4 Å². The van der Waals surface area contributed by atoms with Crippen molar-refractivity contribution in [3.05, 3.63) is 40.3 Å². The molecule has 1 aliphatic carbocycles. The van der Waals surface area contributed by atoms with Crippen molar-refractivity contribution < 1.29 is 4.79 Å². The van der Waals surface area contributed by atoms with Gasteiger partial charge in [0.05, 0.1) is 18.1 Å². The molecule has 0 N–H and O–H groups in total. The number of hydrogen-bond acceptors (Lipinski definition) is 5. The Labute approximate surface area is 132 Å². The van der Waals surface area contributed by atoms with Gasteiger partial charge in [0.2, 0.25) is 5.91 Å². The Morgan fingerprint density at radius 2 is 2.13 bits per heavy atom. The number of nitrogens with zero attached hydrogens (tertiary/aromatic N) is 6. The van der Waals surface area contributed by atoms with Crippen LogP contribution in [0.3, 0.4) is 0 Å². The molecule has 2 aromatic rings. The van der Waals surface area contributed by atoms with Gasteiger partial charge in [-0.3, -0.25) is 14.2 Å². The lowest BCUT2D eigenvalue weighted by atomic mass is 10.1. The normalized spacial score (nSPS) is 18.0. The molecule has 120 valence electrons. The van der Waals surface area contributed by atoms with Crippen molar-refractivity contribution >= 4 is 5.91 Å². The minimum absolute atomic E-state index is 0.0313. The van der Waals surface area contributed by atoms with E-state index in [1.54, 1.807) is 11.8 Å². The van der Waals surface area contributed by atoms with Gasteiger partial charge in [-0.05, 0) is 19.8 Å². The molecule has 2 aromatic heterocycles. The molecule has 1 saturated heterocycles. The zero-order valence-electron chi connectivity index (χ0n) is 12.9. The summed E-state index contributed by atoms with van der Waals surface area (Å²) < 4.78 is 3.19. The van der Waals surface area contributed by atoms with Gasteiger partial charge in [0, 0.05) is 37.0 Å². The van der Waals surface area contributed by atoms with Gasteiger partial charge >= 0.3 is 0 Å². The van der Waals surface area contributed by atoms with Crippen molar-refractivity contribution in [1.29, 1.82) is 0 Å². The highest BCUT2D eigenvalue weighted by molar-refractivity contribution is 5.76. The van der Waals surface area contributed by atoms with E-state index in [4.69, 9.17) is 0 Å². The van der Waals surface area contributed by atoms with E-state index < -0.39 is 0 Å². The van der Waals surface area contributed by atoms with E-state index in [0.29, 0.717) is 24.7 Å². The van der Waals surface area contributed by atoms with Crippen molar-refractivity contribution in [2.75, 3.05) is 13.1 Å². The van der Waals surface area contributed by atoms with Crippen molar-refractivity contribution in [3.63, 3.8) is 0 Å². The van der Waals surface area contributed by atoms with E-state index in [9.17, 15) is 9.59 Å². The predicted octanol–water partition coefficient (Wildman–Crippen LogP) is 0.104. The molecule has 0 spiro atoms. The lowest BCUT2D eigenvalue weighted by Gasteiger charge is -2.38. The highest BCUT2D eigenvalue weighted by atomic mass is 16.2. The van der Waals surface area contributed by atoms with E-state index in [2.05, 4.69) is 15.3 Å². The van der Waals surface area contributed by atoms with Crippen LogP contribution in [0, 0.1) is 6.92 Å². The number of hydrogen-bond donors (Lipinski definition) is 0. The van der Waals surface area contributed by atoms with Crippen molar-refractivity contribution in [3.8, 4) is 0 Å². The number of aromatic nitrogens is 5. The molecule has 4 rings (SSSR count). The van der Waals surface area contributed by atoms with Gasteiger partial charge in [-0.2, -0.15) is 0 Å². The smallest absolute Gasteiger partial charge is 0.253 e. The maximum absolute atomic E-state index is 12.2. The van der Waals surface area contributed by atoms with Gasteiger partial charge in [-0.15, -0.1) is 5.10 Å². The van der Waals surface area contributed by atoms with E-state index in [-0.39, 0.29) is 24.1 Å². The van der Waals surface area contributed by atoms with Crippen LogP contribution >= 0.6 is 0 Å². The maximum Gasteiger partial charge on any atom is 0.253 e. The van der Waals surface area contributed by atoms with Crippen LogP contribution in [0.4, 0.5) is 0 Å². The standard InChI is InChI=1S/C15H18N6O2/c1-10-4-14(22)20(9-16-10)8-15(23)19-5-12(6-19)21-7-13(17-18-21)11-2-3-11/h4,7,9,11-12H,2-3,5-6,8H2,1H3. The van der Waals surface area contributed by atoms with Crippen LogP contribution in [0.25, 0.3) is 0 Å². The highest BCUT2D eigenvalue weighted by Gasteiger charge is 2.34. The first-order valence-electron chi connectivity index (χ1n) is 7.83. The van der Waals surface area contributed by atoms with Gasteiger partial charge in [0.25, 0.3) is 5.56 Å². The minimum atomic E-state index is -0.201. The Bertz CT molecular complexity index is 800. The lowest BCUT2D eigenvalue weighted by molar-refractivity contribution is -0.137. The molecule has 1 amide bonds. The van der Waals surface area contributed by atoms with Gasteiger partial charge in [0.15, 0.2) is 0 Å². The summed E-state index contributed by atoms with van der Waals surface area (Å²) in [6, 6.07) is 1.62. The third-order valence-electron chi connectivity index (χ3n) is 4.43. The lowest BCUT2D eigenvalue weighted by Crippen LogP contribution is -2.52. The molecular formula is C15H18N6O2. The highest BCUT2D eigenvalue weighted by Crippen LogP contribution is 2.39. The minimum Gasteiger partial charge on any atom is -0.337 e. The second kappa shape index (κ2) is 5.29. The largest absolute Gasteiger partial charge is 0.337 e. The first-order valence-corrected chi connectivity index (χ1v) is 7.83. The second-order valence-corrected chi connectivity index (χ2v) is 6.35. The van der Waals surface area contributed by atoms with E-state index in [1.165, 1.54) is 29.8 Å². The summed E-state index contributed by atoms with van der Waals surface area (Å²) in [6.07, 6.45) is 5.82.